The van der Waals surface area contributed by atoms with Crippen molar-refractivity contribution >= 4 is 32.7 Å². The summed E-state index contributed by atoms with van der Waals surface area (Å²) < 4.78 is 26.8. The lowest BCUT2D eigenvalue weighted by Crippen LogP contribution is -2.23. The first-order chi connectivity index (χ1) is 9.87. The molecule has 0 aliphatic carbocycles. The molecule has 0 saturated carbocycles. The third kappa shape index (κ3) is 4.75. The highest BCUT2D eigenvalue weighted by atomic mass is 32.2. The van der Waals surface area contributed by atoms with E-state index in [4.69, 9.17) is 0 Å². The van der Waals surface area contributed by atoms with Crippen molar-refractivity contribution in [1.29, 1.82) is 0 Å². The van der Waals surface area contributed by atoms with Crippen LogP contribution in [0.5, 0.6) is 0 Å². The molecule has 2 rings (SSSR count). The second kappa shape index (κ2) is 6.84. The van der Waals surface area contributed by atoms with Crippen molar-refractivity contribution in [2.24, 2.45) is 0 Å². The number of thiophene rings is 1. The fourth-order valence-corrected chi connectivity index (χ4v) is 4.37. The number of rotatable bonds is 7. The molecule has 0 aliphatic heterocycles. The molecule has 9 heteroatoms. The minimum absolute atomic E-state index is 0.0799. The summed E-state index contributed by atoms with van der Waals surface area (Å²) in [6, 6.07) is 2.01. The molecule has 0 unspecified atom stereocenters. The lowest BCUT2D eigenvalue weighted by molar-refractivity contribution is 0.580. The average molecular weight is 347 g/mol. The highest BCUT2D eigenvalue weighted by Gasteiger charge is 2.16. The zero-order valence-electron chi connectivity index (χ0n) is 11.7. The topological polar surface area (TPSA) is 91.1 Å². The number of aromatic nitrogens is 1. The molecular formula is C12H17N3O3S3. The summed E-state index contributed by atoms with van der Waals surface area (Å²) in [5, 5.41) is 6.47. The number of hydrogen-bond acceptors (Lipinski definition) is 6. The van der Waals surface area contributed by atoms with Crippen LogP contribution in [-0.4, -0.2) is 19.4 Å². The Morgan fingerprint density at radius 1 is 1.24 bits per heavy atom. The van der Waals surface area contributed by atoms with Crippen LogP contribution in [0.1, 0.15) is 24.4 Å². The van der Waals surface area contributed by atoms with Gasteiger partial charge in [-0.05, 0) is 6.07 Å². The third-order valence-electron chi connectivity index (χ3n) is 2.65. The maximum absolute atomic E-state index is 12.2. The Bertz CT molecular complexity index is 743. The van der Waals surface area contributed by atoms with Crippen LogP contribution in [-0.2, 0) is 23.1 Å². The van der Waals surface area contributed by atoms with E-state index in [9.17, 15) is 13.2 Å². The Morgan fingerprint density at radius 2 is 2.00 bits per heavy atom. The van der Waals surface area contributed by atoms with Crippen molar-refractivity contribution in [2.75, 3.05) is 0 Å². The number of nitrogens with one attached hydrogen (secondary N) is 3. The van der Waals surface area contributed by atoms with Crippen LogP contribution >= 0.6 is 22.7 Å². The van der Waals surface area contributed by atoms with Gasteiger partial charge in [0, 0.05) is 33.9 Å². The number of thiazole rings is 1. The average Bonchev–Trinajstić information content (AvgIpc) is 3.03. The predicted octanol–water partition coefficient (Wildman–Crippen LogP) is 1.47. The first kappa shape index (κ1) is 16.4. The van der Waals surface area contributed by atoms with E-state index in [0.717, 1.165) is 16.2 Å². The second-order valence-corrected chi connectivity index (χ2v) is 8.39. The molecule has 0 saturated heterocycles. The van der Waals surface area contributed by atoms with Crippen LogP contribution in [0.4, 0.5) is 0 Å². The molecule has 21 heavy (non-hydrogen) atoms. The van der Waals surface area contributed by atoms with Gasteiger partial charge < -0.3 is 10.3 Å². The minimum Gasteiger partial charge on any atom is -0.315 e. The van der Waals surface area contributed by atoms with E-state index in [-0.39, 0.29) is 16.3 Å². The quantitative estimate of drug-likeness (QED) is 0.707. The summed E-state index contributed by atoms with van der Waals surface area (Å²) in [6.45, 7) is 4.80. The third-order valence-corrected chi connectivity index (χ3v) is 5.83. The normalized spacial score (nSPS) is 12.1. The molecule has 0 radical (unpaired) electrons. The SMILES string of the molecule is CC(C)NCc1cc(S(=O)(=O)NCc2csc(=O)[nH]2)cs1. The number of hydrogen-bond donors (Lipinski definition) is 3. The first-order valence-corrected chi connectivity index (χ1v) is 9.58. The largest absolute Gasteiger partial charge is 0.315 e. The Morgan fingerprint density at radius 3 is 2.62 bits per heavy atom. The standard InChI is InChI=1S/C12H17N3O3S3/c1-8(2)13-5-10-3-11(7-19-10)21(17,18)14-4-9-6-20-12(16)15-9/h3,6-8,13-14H,4-5H2,1-2H3,(H,15,16). The van der Waals surface area contributed by atoms with Crippen LogP contribution in [0, 0.1) is 0 Å². The summed E-state index contributed by atoms with van der Waals surface area (Å²) in [5.74, 6) is 0. The van der Waals surface area contributed by atoms with Crippen molar-refractivity contribution in [2.45, 2.75) is 37.9 Å². The van der Waals surface area contributed by atoms with Gasteiger partial charge in [0.15, 0.2) is 0 Å². The van der Waals surface area contributed by atoms with E-state index in [1.54, 1.807) is 16.8 Å². The summed E-state index contributed by atoms with van der Waals surface area (Å²) in [6.07, 6.45) is 0. The fraction of sp³-hybridized carbons (Fsp3) is 0.417. The molecule has 116 valence electrons. The van der Waals surface area contributed by atoms with Crippen LogP contribution < -0.4 is 14.9 Å². The Hall–Kier alpha value is -1.00. The van der Waals surface area contributed by atoms with Gasteiger partial charge in [-0.3, -0.25) is 4.79 Å². The molecule has 0 bridgehead atoms. The van der Waals surface area contributed by atoms with E-state index >= 15 is 0 Å². The van der Waals surface area contributed by atoms with Gasteiger partial charge >= 0.3 is 4.87 Å². The molecule has 2 aromatic heterocycles. The first-order valence-electron chi connectivity index (χ1n) is 6.34. The molecule has 0 fully saturated rings. The van der Waals surface area contributed by atoms with Crippen LogP contribution in [0.25, 0.3) is 0 Å². The van der Waals surface area contributed by atoms with Gasteiger partial charge in [-0.25, -0.2) is 13.1 Å². The van der Waals surface area contributed by atoms with Gasteiger partial charge in [-0.15, -0.1) is 11.3 Å². The van der Waals surface area contributed by atoms with E-state index in [1.807, 2.05) is 13.8 Å². The van der Waals surface area contributed by atoms with Crippen molar-refractivity contribution in [3.63, 3.8) is 0 Å². The van der Waals surface area contributed by atoms with Crippen LogP contribution in [0.15, 0.2) is 26.5 Å². The van der Waals surface area contributed by atoms with Crippen molar-refractivity contribution in [1.82, 2.24) is 15.0 Å². The maximum atomic E-state index is 12.2. The Labute approximate surface area is 131 Å². The Kier molecular flexibility index (Phi) is 5.33. The molecule has 0 aliphatic rings. The van der Waals surface area contributed by atoms with Crippen LogP contribution in [0.2, 0.25) is 0 Å². The predicted molar refractivity (Wildman–Crippen MR) is 85.3 cm³/mol. The van der Waals surface area contributed by atoms with Gasteiger partial charge in [0.1, 0.15) is 0 Å². The Balaban J connectivity index is 2.00. The molecule has 0 spiro atoms. The van der Waals surface area contributed by atoms with Gasteiger partial charge in [0.25, 0.3) is 0 Å². The molecule has 6 nitrogen and oxygen atoms in total. The zero-order valence-corrected chi connectivity index (χ0v) is 14.1. The number of aromatic amines is 1. The summed E-state index contributed by atoms with van der Waals surface area (Å²) in [4.78, 5) is 14.6. The van der Waals surface area contributed by atoms with E-state index in [0.29, 0.717) is 18.3 Å². The highest BCUT2D eigenvalue weighted by Crippen LogP contribution is 2.19. The monoisotopic (exact) mass is 347 g/mol. The lowest BCUT2D eigenvalue weighted by Gasteiger charge is -2.05. The summed E-state index contributed by atoms with van der Waals surface area (Å²) in [7, 11) is -3.55. The van der Waals surface area contributed by atoms with Crippen molar-refractivity contribution in [3.8, 4) is 0 Å². The highest BCUT2D eigenvalue weighted by molar-refractivity contribution is 7.89. The smallest absolute Gasteiger partial charge is 0.304 e. The van der Waals surface area contributed by atoms with Gasteiger partial charge in [-0.2, -0.15) is 0 Å². The molecular weight excluding hydrogens is 330 g/mol. The maximum Gasteiger partial charge on any atom is 0.304 e. The molecule has 2 aromatic rings. The fourth-order valence-electron chi connectivity index (χ4n) is 1.56. The zero-order chi connectivity index (χ0) is 15.5. The van der Waals surface area contributed by atoms with Gasteiger partial charge in [-0.1, -0.05) is 25.2 Å². The molecule has 0 atom stereocenters. The summed E-state index contributed by atoms with van der Waals surface area (Å²) in [5.41, 5.74) is 0.561. The second-order valence-electron chi connectivity index (χ2n) is 4.78. The van der Waals surface area contributed by atoms with E-state index in [2.05, 4.69) is 15.0 Å². The van der Waals surface area contributed by atoms with Gasteiger partial charge in [0.2, 0.25) is 10.0 Å². The number of H-pyrrole nitrogens is 1. The lowest BCUT2D eigenvalue weighted by atomic mass is 10.4. The van der Waals surface area contributed by atoms with E-state index in [1.165, 1.54) is 11.3 Å². The molecule has 0 amide bonds. The molecule has 2 heterocycles. The number of sulfonamides is 1. The van der Waals surface area contributed by atoms with Gasteiger partial charge in [0.05, 0.1) is 11.4 Å². The van der Waals surface area contributed by atoms with Crippen LogP contribution in [0.3, 0.4) is 0 Å². The van der Waals surface area contributed by atoms with Crippen molar-refractivity contribution in [3.05, 3.63) is 37.1 Å². The molecule has 0 aromatic carbocycles. The minimum atomic E-state index is -3.55. The van der Waals surface area contributed by atoms with Crippen molar-refractivity contribution < 1.29 is 8.42 Å². The molecule has 3 N–H and O–H groups in total. The summed E-state index contributed by atoms with van der Waals surface area (Å²) >= 11 is 2.42. The van der Waals surface area contributed by atoms with E-state index < -0.39 is 10.0 Å².